The first kappa shape index (κ1) is 22.6. The molecule has 6 heteroatoms. The van der Waals surface area contributed by atoms with Crippen molar-refractivity contribution in [3.8, 4) is 0 Å². The highest BCUT2D eigenvalue weighted by atomic mass is 16.5. The van der Waals surface area contributed by atoms with Gasteiger partial charge >= 0.3 is 0 Å². The third kappa shape index (κ3) is 5.95. The van der Waals surface area contributed by atoms with Crippen molar-refractivity contribution >= 4 is 23.5 Å². The summed E-state index contributed by atoms with van der Waals surface area (Å²) < 4.78 is 0. The maximum Gasteiger partial charge on any atom is 0.243 e. The Morgan fingerprint density at radius 2 is 1.61 bits per heavy atom. The zero-order valence-electron chi connectivity index (χ0n) is 18.4. The lowest BCUT2D eigenvalue weighted by Gasteiger charge is -2.40. The van der Waals surface area contributed by atoms with E-state index in [4.69, 9.17) is 10.2 Å². The van der Waals surface area contributed by atoms with Crippen LogP contribution in [-0.2, 0) is 4.79 Å². The van der Waals surface area contributed by atoms with Crippen LogP contribution in [0, 0.1) is 13.8 Å². The number of anilines is 2. The summed E-state index contributed by atoms with van der Waals surface area (Å²) >= 11 is 0. The van der Waals surface area contributed by atoms with Crippen molar-refractivity contribution in [1.82, 2.24) is 10.4 Å². The average molecular weight is 421 g/mol. The maximum absolute atomic E-state index is 11.1. The van der Waals surface area contributed by atoms with Crippen LogP contribution >= 0.6 is 0 Å². The monoisotopic (exact) mass is 420 g/mol. The molecule has 0 spiro atoms. The number of unbranched alkanes of at least 4 members (excludes halogenated alkanes) is 3. The molecule has 1 unspecified atom stereocenters. The lowest BCUT2D eigenvalue weighted by atomic mass is 10.1. The summed E-state index contributed by atoms with van der Waals surface area (Å²) in [6.07, 6.45) is 9.93. The summed E-state index contributed by atoms with van der Waals surface area (Å²) in [6, 6.07) is 16.8. The van der Waals surface area contributed by atoms with Gasteiger partial charge in [-0.15, -0.1) is 0 Å². The smallest absolute Gasteiger partial charge is 0.243 e. The minimum absolute atomic E-state index is 0.160. The molecule has 0 aromatic heterocycles. The van der Waals surface area contributed by atoms with Gasteiger partial charge in [-0.1, -0.05) is 49.2 Å². The zero-order chi connectivity index (χ0) is 22.1. The highest BCUT2D eigenvalue weighted by Gasteiger charge is 2.27. The number of allylic oxidation sites excluding steroid dienone is 1. The van der Waals surface area contributed by atoms with Gasteiger partial charge in [0.15, 0.2) is 0 Å². The Hall–Kier alpha value is -3.12. The number of carbonyl (C=O) groups excluding carboxylic acids is 1. The molecule has 6 nitrogen and oxygen atoms in total. The van der Waals surface area contributed by atoms with E-state index in [1.54, 1.807) is 5.48 Å². The van der Waals surface area contributed by atoms with Gasteiger partial charge in [0.05, 0.1) is 0 Å². The molecule has 0 radical (unpaired) electrons. The number of hydrogen-bond acceptors (Lipinski definition) is 5. The van der Waals surface area contributed by atoms with E-state index in [0.717, 1.165) is 43.6 Å². The van der Waals surface area contributed by atoms with Gasteiger partial charge in [0.1, 0.15) is 0 Å². The van der Waals surface area contributed by atoms with Crippen LogP contribution in [0.3, 0.4) is 0 Å². The molecule has 2 aromatic rings. The first-order chi connectivity index (χ1) is 15.1. The first-order valence-corrected chi connectivity index (χ1v) is 10.9. The van der Waals surface area contributed by atoms with Crippen LogP contribution in [0.25, 0.3) is 0 Å². The van der Waals surface area contributed by atoms with Crippen molar-refractivity contribution in [2.75, 3.05) is 11.4 Å². The van der Waals surface area contributed by atoms with Crippen molar-refractivity contribution in [1.29, 1.82) is 0 Å². The van der Waals surface area contributed by atoms with Gasteiger partial charge < -0.3 is 9.80 Å². The molecule has 0 fully saturated rings. The van der Waals surface area contributed by atoms with Gasteiger partial charge in [0.25, 0.3) is 0 Å². The van der Waals surface area contributed by atoms with E-state index >= 15 is 0 Å². The normalized spacial score (nSPS) is 15.2. The van der Waals surface area contributed by atoms with E-state index in [-0.39, 0.29) is 12.2 Å². The van der Waals surface area contributed by atoms with E-state index in [2.05, 4.69) is 78.4 Å². The predicted octanol–water partition coefficient (Wildman–Crippen LogP) is 5.08. The summed E-state index contributed by atoms with van der Waals surface area (Å²) in [5, 5.41) is 8.58. The fraction of sp³-hybridized carbons (Fsp3) is 0.360. The minimum atomic E-state index is -0.319. The molecule has 1 amide bonds. The maximum atomic E-state index is 11.1. The Bertz CT molecular complexity index is 880. The van der Waals surface area contributed by atoms with Crippen molar-refractivity contribution in [3.63, 3.8) is 0 Å². The topological polar surface area (TPSA) is 68.2 Å². The molecule has 0 saturated heterocycles. The number of nitrogens with zero attached hydrogens (tertiary/aromatic N) is 3. The fourth-order valence-electron chi connectivity index (χ4n) is 3.88. The lowest BCUT2D eigenvalue weighted by molar-refractivity contribution is -0.129. The molecular formula is C25H32N4O2. The van der Waals surface area contributed by atoms with E-state index < -0.39 is 0 Å². The number of aliphatic imine (C=N–C) groups is 1. The SMILES string of the molecule is Cc1ccccc1N(c1ccccc1C)C1N=CC=CN1CCCCCCC(=O)NO. The van der Waals surface area contributed by atoms with E-state index in [1.165, 1.54) is 11.1 Å². The Balaban J connectivity index is 1.75. The number of hydrogen-bond donors (Lipinski definition) is 2. The highest BCUT2D eigenvalue weighted by Crippen LogP contribution is 2.35. The fourth-order valence-corrected chi connectivity index (χ4v) is 3.88. The second-order valence-electron chi connectivity index (χ2n) is 7.87. The molecule has 164 valence electrons. The number of benzene rings is 2. The Kier molecular flexibility index (Phi) is 8.24. The van der Waals surface area contributed by atoms with Crippen molar-refractivity contribution in [3.05, 3.63) is 71.9 Å². The van der Waals surface area contributed by atoms with Gasteiger partial charge in [-0.25, -0.2) is 10.5 Å². The first-order valence-electron chi connectivity index (χ1n) is 10.9. The number of rotatable bonds is 10. The van der Waals surface area contributed by atoms with Crippen LogP contribution in [0.5, 0.6) is 0 Å². The molecule has 2 aromatic carbocycles. The molecule has 1 atom stereocenters. The van der Waals surface area contributed by atoms with Crippen LogP contribution in [0.1, 0.15) is 43.2 Å². The molecule has 1 aliphatic rings. The van der Waals surface area contributed by atoms with E-state index in [9.17, 15) is 4.79 Å². The molecule has 0 saturated carbocycles. The molecule has 2 N–H and O–H groups in total. The zero-order valence-corrected chi connectivity index (χ0v) is 18.4. The molecular weight excluding hydrogens is 388 g/mol. The summed E-state index contributed by atoms with van der Waals surface area (Å²) in [7, 11) is 0. The van der Waals surface area contributed by atoms with Gasteiger partial charge in [0.2, 0.25) is 12.2 Å². The number of hydroxylamine groups is 1. The standard InChI is InChI=1S/C25H32N4O2/c1-20-12-6-8-14-22(20)29(23-15-9-7-13-21(23)2)25-26-17-11-19-28(25)18-10-4-3-5-16-24(30)27-31/h6-9,11-15,17,19,25,31H,3-5,10,16,18H2,1-2H3,(H,27,30). The van der Waals surface area contributed by atoms with Crippen molar-refractivity contribution in [2.24, 2.45) is 4.99 Å². The molecule has 1 heterocycles. The number of para-hydroxylation sites is 2. The number of aryl methyl sites for hydroxylation is 2. The van der Waals surface area contributed by atoms with Gasteiger partial charge in [-0.05, 0) is 56.0 Å². The second-order valence-corrected chi connectivity index (χ2v) is 7.87. The Morgan fingerprint density at radius 1 is 1.00 bits per heavy atom. The predicted molar refractivity (Wildman–Crippen MR) is 126 cm³/mol. The van der Waals surface area contributed by atoms with E-state index in [0.29, 0.717) is 6.42 Å². The van der Waals surface area contributed by atoms with Gasteiger partial charge in [-0.3, -0.25) is 10.0 Å². The number of amides is 1. The Labute approximate surface area is 184 Å². The van der Waals surface area contributed by atoms with Crippen LogP contribution in [0.15, 0.2) is 65.8 Å². The molecule has 1 aliphatic heterocycles. The Morgan fingerprint density at radius 3 is 2.23 bits per heavy atom. The quantitative estimate of drug-likeness (QED) is 0.319. The molecule has 3 rings (SSSR count). The van der Waals surface area contributed by atoms with Crippen molar-refractivity contribution in [2.45, 2.75) is 52.2 Å². The molecule has 0 aliphatic carbocycles. The molecule has 0 bridgehead atoms. The van der Waals surface area contributed by atoms with E-state index in [1.807, 2.05) is 12.3 Å². The van der Waals surface area contributed by atoms with Crippen LogP contribution in [0.4, 0.5) is 11.4 Å². The lowest BCUT2D eigenvalue weighted by Crippen LogP contribution is -2.44. The minimum Gasteiger partial charge on any atom is -0.339 e. The number of carbonyl (C=O) groups is 1. The van der Waals surface area contributed by atoms with Crippen molar-refractivity contribution < 1.29 is 10.0 Å². The highest BCUT2D eigenvalue weighted by molar-refractivity contribution is 5.75. The van der Waals surface area contributed by atoms with Crippen LogP contribution in [0.2, 0.25) is 0 Å². The third-order valence-electron chi connectivity index (χ3n) is 5.56. The summed E-state index contributed by atoms with van der Waals surface area (Å²) in [4.78, 5) is 20.6. The third-order valence-corrected chi connectivity index (χ3v) is 5.56. The van der Waals surface area contributed by atoms with Gasteiger partial charge in [-0.2, -0.15) is 0 Å². The summed E-state index contributed by atoms with van der Waals surface area (Å²) in [5.74, 6) is -0.319. The second kappa shape index (κ2) is 11.3. The summed E-state index contributed by atoms with van der Waals surface area (Å²) in [6.45, 7) is 5.14. The van der Waals surface area contributed by atoms with Crippen LogP contribution in [-0.4, -0.2) is 35.1 Å². The van der Waals surface area contributed by atoms with Crippen LogP contribution < -0.4 is 10.4 Å². The summed E-state index contributed by atoms with van der Waals surface area (Å²) in [5.41, 5.74) is 6.40. The average Bonchev–Trinajstić information content (AvgIpc) is 2.79. The van der Waals surface area contributed by atoms with Gasteiger partial charge in [0, 0.05) is 36.8 Å². The number of nitrogens with one attached hydrogen (secondary N) is 1. The largest absolute Gasteiger partial charge is 0.339 e. The molecule has 31 heavy (non-hydrogen) atoms.